The summed E-state index contributed by atoms with van der Waals surface area (Å²) in [5, 5.41) is 3.59. The number of thioether (sulfide) groups is 1. The van der Waals surface area contributed by atoms with Gasteiger partial charge >= 0.3 is 0 Å². The van der Waals surface area contributed by atoms with E-state index in [0.717, 1.165) is 35.4 Å². The van der Waals surface area contributed by atoms with E-state index in [1.165, 1.54) is 12.2 Å². The zero-order valence-electron chi connectivity index (χ0n) is 10.2. The van der Waals surface area contributed by atoms with Crippen molar-refractivity contribution in [3.05, 3.63) is 22.9 Å². The SMILES string of the molecule is Brc1cncc(N[C@@H]2CCO[C@]3(CCSC3)C2)c1. The molecule has 0 amide bonds. The van der Waals surface area contributed by atoms with E-state index in [1.54, 1.807) is 0 Å². The summed E-state index contributed by atoms with van der Waals surface area (Å²) in [5.74, 6) is 2.40. The number of halogens is 1. The molecule has 18 heavy (non-hydrogen) atoms. The molecule has 0 bridgehead atoms. The number of rotatable bonds is 2. The fourth-order valence-electron chi connectivity index (χ4n) is 2.74. The molecule has 2 saturated heterocycles. The van der Waals surface area contributed by atoms with Crippen LogP contribution in [0.2, 0.25) is 0 Å². The lowest BCUT2D eigenvalue weighted by molar-refractivity contribution is -0.0628. The topological polar surface area (TPSA) is 34.2 Å². The summed E-state index contributed by atoms with van der Waals surface area (Å²) in [6.45, 7) is 0.875. The Balaban J connectivity index is 1.66. The minimum Gasteiger partial charge on any atom is -0.381 e. The number of nitrogens with one attached hydrogen (secondary N) is 1. The molecule has 3 nitrogen and oxygen atoms in total. The second-order valence-corrected chi connectivity index (χ2v) is 7.08. The molecule has 0 aromatic carbocycles. The molecule has 2 fully saturated rings. The Morgan fingerprint density at radius 1 is 1.50 bits per heavy atom. The zero-order valence-corrected chi connectivity index (χ0v) is 12.6. The third-order valence-electron chi connectivity index (χ3n) is 3.64. The largest absolute Gasteiger partial charge is 0.381 e. The standard InChI is InChI=1S/C13H17BrN2OS/c14-10-5-12(8-15-7-10)16-11-1-3-17-13(6-11)2-4-18-9-13/h5,7-8,11,16H,1-4,6,9H2/t11-,13-/m1/s1. The van der Waals surface area contributed by atoms with Crippen LogP contribution >= 0.6 is 27.7 Å². The lowest BCUT2D eigenvalue weighted by Gasteiger charge is -2.38. The van der Waals surface area contributed by atoms with Gasteiger partial charge in [0.15, 0.2) is 0 Å². The van der Waals surface area contributed by atoms with Crippen LogP contribution in [0, 0.1) is 0 Å². The van der Waals surface area contributed by atoms with Gasteiger partial charge in [0.25, 0.3) is 0 Å². The van der Waals surface area contributed by atoms with Crippen molar-refractivity contribution in [3.8, 4) is 0 Å². The molecule has 1 N–H and O–H groups in total. The number of hydrogen-bond donors (Lipinski definition) is 1. The van der Waals surface area contributed by atoms with E-state index in [1.807, 2.05) is 24.2 Å². The van der Waals surface area contributed by atoms with Crippen molar-refractivity contribution in [1.29, 1.82) is 0 Å². The Hall–Kier alpha value is -0.260. The van der Waals surface area contributed by atoms with Gasteiger partial charge in [0.2, 0.25) is 0 Å². The molecule has 1 spiro atoms. The number of nitrogens with zero attached hydrogens (tertiary/aromatic N) is 1. The molecular weight excluding hydrogens is 312 g/mol. The first kappa shape index (κ1) is 12.8. The highest BCUT2D eigenvalue weighted by Gasteiger charge is 2.40. The molecule has 0 radical (unpaired) electrons. The van der Waals surface area contributed by atoms with Crippen molar-refractivity contribution in [2.45, 2.75) is 30.9 Å². The second kappa shape index (κ2) is 5.39. The van der Waals surface area contributed by atoms with Crippen LogP contribution in [0.5, 0.6) is 0 Å². The van der Waals surface area contributed by atoms with Gasteiger partial charge in [-0.25, -0.2) is 0 Å². The Bertz CT molecular complexity index is 423. The lowest BCUT2D eigenvalue weighted by Crippen LogP contribution is -2.44. The molecule has 3 heterocycles. The van der Waals surface area contributed by atoms with Crippen molar-refractivity contribution < 1.29 is 4.74 Å². The number of pyridine rings is 1. The number of aromatic nitrogens is 1. The molecule has 2 aliphatic heterocycles. The summed E-state index contributed by atoms with van der Waals surface area (Å²) in [7, 11) is 0. The first-order chi connectivity index (χ1) is 8.76. The zero-order chi connectivity index (χ0) is 12.4. The average molecular weight is 329 g/mol. The van der Waals surface area contributed by atoms with Crippen LogP contribution in [-0.2, 0) is 4.74 Å². The van der Waals surface area contributed by atoms with E-state index >= 15 is 0 Å². The predicted octanol–water partition coefficient (Wildman–Crippen LogP) is 3.31. The number of anilines is 1. The van der Waals surface area contributed by atoms with Crippen LogP contribution < -0.4 is 5.32 Å². The number of ether oxygens (including phenoxy) is 1. The summed E-state index contributed by atoms with van der Waals surface area (Å²) < 4.78 is 7.05. The average Bonchev–Trinajstić information content (AvgIpc) is 2.77. The van der Waals surface area contributed by atoms with Gasteiger partial charge in [-0.1, -0.05) is 0 Å². The molecule has 98 valence electrons. The summed E-state index contributed by atoms with van der Waals surface area (Å²) in [5.41, 5.74) is 1.23. The quantitative estimate of drug-likeness (QED) is 0.903. The summed E-state index contributed by atoms with van der Waals surface area (Å²) >= 11 is 5.47. The van der Waals surface area contributed by atoms with E-state index in [2.05, 4.69) is 32.3 Å². The van der Waals surface area contributed by atoms with Gasteiger partial charge in [0.05, 0.1) is 17.5 Å². The minimum atomic E-state index is 0.139. The monoisotopic (exact) mass is 328 g/mol. The molecule has 1 aromatic rings. The third kappa shape index (κ3) is 2.83. The van der Waals surface area contributed by atoms with E-state index in [4.69, 9.17) is 4.74 Å². The maximum atomic E-state index is 6.03. The van der Waals surface area contributed by atoms with Crippen LogP contribution in [0.25, 0.3) is 0 Å². The fraction of sp³-hybridized carbons (Fsp3) is 0.615. The van der Waals surface area contributed by atoms with Gasteiger partial charge in [-0.05, 0) is 47.0 Å². The Kier molecular flexibility index (Phi) is 3.82. The first-order valence-electron chi connectivity index (χ1n) is 6.35. The van der Waals surface area contributed by atoms with Crippen LogP contribution in [0.4, 0.5) is 5.69 Å². The highest BCUT2D eigenvalue weighted by molar-refractivity contribution is 9.10. The second-order valence-electron chi connectivity index (χ2n) is 5.06. The van der Waals surface area contributed by atoms with Gasteiger partial charge in [0.1, 0.15) is 0 Å². The van der Waals surface area contributed by atoms with Gasteiger partial charge in [0, 0.05) is 29.1 Å². The van der Waals surface area contributed by atoms with Crippen molar-refractivity contribution in [2.75, 3.05) is 23.4 Å². The van der Waals surface area contributed by atoms with E-state index < -0.39 is 0 Å². The Morgan fingerprint density at radius 3 is 3.22 bits per heavy atom. The van der Waals surface area contributed by atoms with E-state index in [0.29, 0.717) is 6.04 Å². The molecular formula is C13H17BrN2OS. The molecule has 0 aliphatic carbocycles. The van der Waals surface area contributed by atoms with Gasteiger partial charge in [-0.3, -0.25) is 4.98 Å². The highest BCUT2D eigenvalue weighted by Crippen LogP contribution is 2.38. The van der Waals surface area contributed by atoms with Crippen molar-refractivity contribution >= 4 is 33.4 Å². The lowest BCUT2D eigenvalue weighted by atomic mass is 9.90. The predicted molar refractivity (Wildman–Crippen MR) is 79.2 cm³/mol. The fourth-order valence-corrected chi connectivity index (χ4v) is 4.48. The van der Waals surface area contributed by atoms with Gasteiger partial charge < -0.3 is 10.1 Å². The summed E-state index contributed by atoms with van der Waals surface area (Å²) in [4.78, 5) is 4.19. The van der Waals surface area contributed by atoms with Crippen molar-refractivity contribution in [2.24, 2.45) is 0 Å². The smallest absolute Gasteiger partial charge is 0.0799 e. The molecule has 1 aromatic heterocycles. The van der Waals surface area contributed by atoms with E-state index in [-0.39, 0.29) is 5.60 Å². The normalized spacial score (nSPS) is 31.7. The molecule has 0 unspecified atom stereocenters. The molecule has 3 rings (SSSR count). The van der Waals surface area contributed by atoms with Crippen LogP contribution in [-0.4, -0.2) is 34.7 Å². The molecule has 5 heteroatoms. The Morgan fingerprint density at radius 2 is 2.44 bits per heavy atom. The third-order valence-corrected chi connectivity index (χ3v) is 5.29. The van der Waals surface area contributed by atoms with E-state index in [9.17, 15) is 0 Å². The van der Waals surface area contributed by atoms with Gasteiger partial charge in [-0.15, -0.1) is 0 Å². The minimum absolute atomic E-state index is 0.139. The number of hydrogen-bond acceptors (Lipinski definition) is 4. The molecule has 2 atom stereocenters. The van der Waals surface area contributed by atoms with Crippen LogP contribution in [0.15, 0.2) is 22.9 Å². The van der Waals surface area contributed by atoms with Gasteiger partial charge in [-0.2, -0.15) is 11.8 Å². The Labute approximate surface area is 120 Å². The van der Waals surface area contributed by atoms with Crippen LogP contribution in [0.3, 0.4) is 0 Å². The molecule has 0 saturated carbocycles. The van der Waals surface area contributed by atoms with Crippen molar-refractivity contribution in [1.82, 2.24) is 4.98 Å². The maximum absolute atomic E-state index is 6.03. The van der Waals surface area contributed by atoms with Crippen LogP contribution in [0.1, 0.15) is 19.3 Å². The maximum Gasteiger partial charge on any atom is 0.0799 e. The summed E-state index contributed by atoms with van der Waals surface area (Å²) in [6, 6.07) is 2.59. The highest BCUT2D eigenvalue weighted by atomic mass is 79.9. The first-order valence-corrected chi connectivity index (χ1v) is 8.29. The van der Waals surface area contributed by atoms with Crippen molar-refractivity contribution in [3.63, 3.8) is 0 Å². The summed E-state index contributed by atoms with van der Waals surface area (Å²) in [6.07, 6.45) is 7.10. The molecule has 2 aliphatic rings.